The fourth-order valence-electron chi connectivity index (χ4n) is 1.14. The maximum atomic E-state index is 9.87. The van der Waals surface area contributed by atoms with Gasteiger partial charge in [-0.15, -0.1) is 0 Å². The SMILES string of the molecule is CCN(C)c1ccn(CCCN=O)n1. The van der Waals surface area contributed by atoms with Gasteiger partial charge in [0.25, 0.3) is 0 Å². The Morgan fingerprint density at radius 3 is 3.07 bits per heavy atom. The highest BCUT2D eigenvalue weighted by molar-refractivity contribution is 5.34. The molecule has 0 amide bonds. The van der Waals surface area contributed by atoms with E-state index in [0.717, 1.165) is 25.3 Å². The molecule has 0 radical (unpaired) electrons. The van der Waals surface area contributed by atoms with Gasteiger partial charge in [0.15, 0.2) is 0 Å². The zero-order valence-corrected chi connectivity index (χ0v) is 8.68. The molecule has 1 rings (SSSR count). The van der Waals surface area contributed by atoms with Crippen LogP contribution in [0.5, 0.6) is 0 Å². The van der Waals surface area contributed by atoms with E-state index in [-0.39, 0.29) is 0 Å². The van der Waals surface area contributed by atoms with Crippen LogP contribution in [-0.2, 0) is 6.54 Å². The van der Waals surface area contributed by atoms with E-state index in [4.69, 9.17) is 0 Å². The third-order valence-corrected chi connectivity index (χ3v) is 2.13. The van der Waals surface area contributed by atoms with Crippen LogP contribution in [0.4, 0.5) is 5.82 Å². The van der Waals surface area contributed by atoms with Crippen LogP contribution < -0.4 is 4.90 Å². The first-order valence-corrected chi connectivity index (χ1v) is 4.81. The van der Waals surface area contributed by atoms with Crippen molar-refractivity contribution < 1.29 is 0 Å². The van der Waals surface area contributed by atoms with Crippen molar-refractivity contribution in [3.8, 4) is 0 Å². The molecule has 0 aliphatic rings. The molecule has 78 valence electrons. The van der Waals surface area contributed by atoms with Crippen molar-refractivity contribution in [3.05, 3.63) is 17.2 Å². The molecule has 0 atom stereocenters. The molecule has 1 aromatic rings. The Morgan fingerprint density at radius 1 is 1.64 bits per heavy atom. The maximum Gasteiger partial charge on any atom is 0.150 e. The molecule has 1 heterocycles. The van der Waals surface area contributed by atoms with Gasteiger partial charge in [0.2, 0.25) is 0 Å². The largest absolute Gasteiger partial charge is 0.358 e. The van der Waals surface area contributed by atoms with Gasteiger partial charge < -0.3 is 4.90 Å². The molecular weight excluding hydrogens is 180 g/mol. The van der Waals surface area contributed by atoms with Crippen LogP contribution in [0, 0.1) is 4.91 Å². The second-order valence-corrected chi connectivity index (χ2v) is 3.16. The van der Waals surface area contributed by atoms with E-state index in [1.807, 2.05) is 24.0 Å². The van der Waals surface area contributed by atoms with E-state index < -0.39 is 0 Å². The highest BCUT2D eigenvalue weighted by Gasteiger charge is 2.01. The molecule has 0 fully saturated rings. The summed E-state index contributed by atoms with van der Waals surface area (Å²) in [6, 6.07) is 1.97. The summed E-state index contributed by atoms with van der Waals surface area (Å²) in [5.41, 5.74) is 0. The molecular formula is C9H16N4O. The smallest absolute Gasteiger partial charge is 0.150 e. The van der Waals surface area contributed by atoms with Gasteiger partial charge in [0.05, 0.1) is 6.54 Å². The highest BCUT2D eigenvalue weighted by Crippen LogP contribution is 2.07. The number of aryl methyl sites for hydroxylation is 1. The molecule has 0 aromatic carbocycles. The highest BCUT2D eigenvalue weighted by atomic mass is 16.3. The Hall–Kier alpha value is -1.39. The average molecular weight is 196 g/mol. The lowest BCUT2D eigenvalue weighted by molar-refractivity contribution is 0.583. The fraction of sp³-hybridized carbons (Fsp3) is 0.667. The summed E-state index contributed by atoms with van der Waals surface area (Å²) in [6.45, 7) is 4.13. The van der Waals surface area contributed by atoms with Crippen molar-refractivity contribution in [3.63, 3.8) is 0 Å². The van der Waals surface area contributed by atoms with E-state index in [1.54, 1.807) is 0 Å². The van der Waals surface area contributed by atoms with Crippen LogP contribution in [0.15, 0.2) is 17.4 Å². The number of hydrogen-bond donors (Lipinski definition) is 0. The minimum absolute atomic E-state index is 0.360. The summed E-state index contributed by atoms with van der Waals surface area (Å²) < 4.78 is 1.84. The summed E-state index contributed by atoms with van der Waals surface area (Å²) in [7, 11) is 2.00. The normalized spacial score (nSPS) is 10.1. The molecule has 0 unspecified atom stereocenters. The Morgan fingerprint density at radius 2 is 2.43 bits per heavy atom. The molecule has 0 bridgehead atoms. The van der Waals surface area contributed by atoms with Crippen molar-refractivity contribution in [1.82, 2.24) is 9.78 Å². The van der Waals surface area contributed by atoms with Crippen molar-refractivity contribution in [1.29, 1.82) is 0 Å². The Labute approximate surface area is 83.7 Å². The molecule has 0 aliphatic heterocycles. The topological polar surface area (TPSA) is 50.5 Å². The minimum atomic E-state index is 0.360. The Balaban J connectivity index is 2.46. The van der Waals surface area contributed by atoms with Gasteiger partial charge in [-0.25, -0.2) is 0 Å². The standard InChI is InChI=1S/C9H16N4O/c1-3-12(2)9-5-8-13(11-9)7-4-6-10-14/h5,8H,3-4,6-7H2,1-2H3. The van der Waals surface area contributed by atoms with E-state index >= 15 is 0 Å². The lowest BCUT2D eigenvalue weighted by Gasteiger charge is -2.11. The zero-order valence-electron chi connectivity index (χ0n) is 8.68. The van der Waals surface area contributed by atoms with Gasteiger partial charge in [0.1, 0.15) is 5.82 Å². The molecule has 0 saturated heterocycles. The Bertz CT molecular complexity index is 284. The summed E-state index contributed by atoms with van der Waals surface area (Å²) in [5, 5.41) is 7.16. The summed E-state index contributed by atoms with van der Waals surface area (Å²) in [6.07, 6.45) is 2.67. The summed E-state index contributed by atoms with van der Waals surface area (Å²) in [5.74, 6) is 0.964. The first kappa shape index (κ1) is 10.7. The molecule has 5 heteroatoms. The average Bonchev–Trinajstić information content (AvgIpc) is 2.66. The fourth-order valence-corrected chi connectivity index (χ4v) is 1.14. The lowest BCUT2D eigenvalue weighted by atomic mass is 10.4. The minimum Gasteiger partial charge on any atom is -0.358 e. The van der Waals surface area contributed by atoms with Crippen LogP contribution >= 0.6 is 0 Å². The predicted octanol–water partition coefficient (Wildman–Crippen LogP) is 1.50. The lowest BCUT2D eigenvalue weighted by Crippen LogP contribution is -2.16. The molecule has 0 N–H and O–H groups in total. The molecule has 0 aliphatic carbocycles. The van der Waals surface area contributed by atoms with Crippen molar-refractivity contribution in [2.24, 2.45) is 5.18 Å². The third-order valence-electron chi connectivity index (χ3n) is 2.13. The summed E-state index contributed by atoms with van der Waals surface area (Å²) in [4.78, 5) is 11.9. The molecule has 0 saturated carbocycles. The molecule has 1 aromatic heterocycles. The van der Waals surface area contributed by atoms with Gasteiger partial charge in [-0.1, -0.05) is 5.18 Å². The van der Waals surface area contributed by atoms with Gasteiger partial charge in [0, 0.05) is 32.4 Å². The molecule has 5 nitrogen and oxygen atoms in total. The van der Waals surface area contributed by atoms with Gasteiger partial charge >= 0.3 is 0 Å². The van der Waals surface area contributed by atoms with Gasteiger partial charge in [-0.2, -0.15) is 10.0 Å². The van der Waals surface area contributed by atoms with Crippen LogP contribution in [0.1, 0.15) is 13.3 Å². The number of nitroso groups, excluding NO2 is 1. The van der Waals surface area contributed by atoms with E-state index in [9.17, 15) is 4.91 Å². The predicted molar refractivity (Wildman–Crippen MR) is 56.5 cm³/mol. The van der Waals surface area contributed by atoms with Crippen molar-refractivity contribution in [2.75, 3.05) is 25.0 Å². The van der Waals surface area contributed by atoms with Crippen LogP contribution in [-0.4, -0.2) is 29.9 Å². The number of hydrogen-bond acceptors (Lipinski definition) is 4. The molecule has 14 heavy (non-hydrogen) atoms. The summed E-state index contributed by atoms with van der Waals surface area (Å²) >= 11 is 0. The van der Waals surface area contributed by atoms with Gasteiger partial charge in [-0.3, -0.25) is 4.68 Å². The number of aromatic nitrogens is 2. The number of rotatable bonds is 6. The zero-order chi connectivity index (χ0) is 10.4. The van der Waals surface area contributed by atoms with Crippen LogP contribution in [0.25, 0.3) is 0 Å². The maximum absolute atomic E-state index is 9.87. The first-order valence-electron chi connectivity index (χ1n) is 4.81. The first-order chi connectivity index (χ1) is 6.77. The Kier molecular flexibility index (Phi) is 4.10. The monoisotopic (exact) mass is 196 g/mol. The quantitative estimate of drug-likeness (QED) is 0.511. The van der Waals surface area contributed by atoms with Crippen molar-refractivity contribution in [2.45, 2.75) is 19.9 Å². The van der Waals surface area contributed by atoms with Crippen molar-refractivity contribution >= 4 is 5.82 Å². The second kappa shape index (κ2) is 5.36. The molecule has 0 spiro atoms. The van der Waals surface area contributed by atoms with E-state index in [0.29, 0.717) is 6.54 Å². The number of anilines is 1. The number of nitrogens with zero attached hydrogens (tertiary/aromatic N) is 4. The van der Waals surface area contributed by atoms with Crippen LogP contribution in [0.3, 0.4) is 0 Å². The van der Waals surface area contributed by atoms with Gasteiger partial charge in [-0.05, 0) is 13.3 Å². The third kappa shape index (κ3) is 2.83. The van der Waals surface area contributed by atoms with E-state index in [1.165, 1.54) is 0 Å². The van der Waals surface area contributed by atoms with E-state index in [2.05, 4.69) is 22.1 Å². The van der Waals surface area contributed by atoms with Crippen LogP contribution in [0.2, 0.25) is 0 Å². The second-order valence-electron chi connectivity index (χ2n) is 3.16.